The summed E-state index contributed by atoms with van der Waals surface area (Å²) in [6.07, 6.45) is -0.254. The van der Waals surface area contributed by atoms with Gasteiger partial charge in [-0.25, -0.2) is 9.07 Å². The zero-order valence-electron chi connectivity index (χ0n) is 16.4. The number of rotatable bonds is 4. The van der Waals surface area contributed by atoms with Gasteiger partial charge in [0.05, 0.1) is 35.2 Å². The van der Waals surface area contributed by atoms with Gasteiger partial charge in [0.15, 0.2) is 0 Å². The number of hydrogen-bond donors (Lipinski definition) is 0. The molecule has 2 unspecified atom stereocenters. The highest BCUT2D eigenvalue weighted by Gasteiger charge is 2.43. The van der Waals surface area contributed by atoms with Crippen LogP contribution in [0, 0.1) is 11.7 Å². The summed E-state index contributed by atoms with van der Waals surface area (Å²) in [4.78, 5) is 18.4. The summed E-state index contributed by atoms with van der Waals surface area (Å²) in [5.74, 6) is -1.27. The van der Waals surface area contributed by atoms with Crippen molar-refractivity contribution in [2.75, 3.05) is 11.4 Å². The molecule has 1 saturated heterocycles. The second-order valence-corrected chi connectivity index (χ2v) is 7.70. The number of amides is 1. The molecular formula is C21H20F4N4O. The van der Waals surface area contributed by atoms with Crippen LogP contribution in [-0.4, -0.2) is 40.2 Å². The summed E-state index contributed by atoms with van der Waals surface area (Å²) in [6, 6.07) is 5.06. The number of carbonyl (C=O) groups excluding carboxylic acids is 1. The Balaban J connectivity index is 1.63. The van der Waals surface area contributed by atoms with E-state index in [2.05, 4.69) is 10.1 Å². The Kier molecular flexibility index (Phi) is 4.99. The number of halogens is 4. The zero-order valence-corrected chi connectivity index (χ0v) is 16.4. The molecule has 0 saturated carbocycles. The van der Waals surface area contributed by atoms with Gasteiger partial charge >= 0.3 is 6.18 Å². The van der Waals surface area contributed by atoms with E-state index in [0.717, 1.165) is 11.8 Å². The van der Waals surface area contributed by atoms with Gasteiger partial charge in [0.25, 0.3) is 0 Å². The first-order valence-corrected chi connectivity index (χ1v) is 9.65. The van der Waals surface area contributed by atoms with E-state index in [1.54, 1.807) is 27.9 Å². The molecule has 0 spiro atoms. The van der Waals surface area contributed by atoms with Crippen LogP contribution >= 0.6 is 0 Å². The van der Waals surface area contributed by atoms with Crippen molar-refractivity contribution in [3.63, 3.8) is 0 Å². The summed E-state index contributed by atoms with van der Waals surface area (Å²) in [7, 11) is 0. The van der Waals surface area contributed by atoms with Crippen LogP contribution in [-0.2, 0) is 4.79 Å². The van der Waals surface area contributed by atoms with E-state index in [1.165, 1.54) is 18.2 Å². The van der Waals surface area contributed by atoms with Crippen LogP contribution in [0.3, 0.4) is 0 Å². The number of alkyl halides is 3. The Morgan fingerprint density at radius 1 is 1.17 bits per heavy atom. The van der Waals surface area contributed by atoms with Gasteiger partial charge in [-0.1, -0.05) is 19.9 Å². The Morgan fingerprint density at radius 3 is 2.47 bits per heavy atom. The molecule has 2 atom stereocenters. The van der Waals surface area contributed by atoms with E-state index in [4.69, 9.17) is 0 Å². The Morgan fingerprint density at radius 2 is 1.87 bits per heavy atom. The van der Waals surface area contributed by atoms with Gasteiger partial charge in [0.1, 0.15) is 11.5 Å². The normalized spacial score (nSPS) is 21.8. The van der Waals surface area contributed by atoms with Crippen LogP contribution in [0.4, 0.5) is 23.2 Å². The molecule has 0 radical (unpaired) electrons. The molecule has 2 aliphatic heterocycles. The summed E-state index contributed by atoms with van der Waals surface area (Å²) in [5.41, 5.74) is 1.10. The van der Waals surface area contributed by atoms with E-state index < -0.39 is 23.8 Å². The van der Waals surface area contributed by atoms with Crippen LogP contribution < -0.4 is 4.90 Å². The average Bonchev–Trinajstić information content (AvgIpc) is 3.39. The minimum atomic E-state index is -4.52. The molecule has 30 heavy (non-hydrogen) atoms. The number of carbonyl (C=O) groups is 1. The third-order valence-corrected chi connectivity index (χ3v) is 5.38. The molecule has 1 aromatic carbocycles. The standard InChI is InChI=1S/C21H20F4N4O/c1-12(2)19-17(11-26-29(19)14-5-3-13(22)4-6-14)28-10-9-15(20(28)30)16-7-8-18(27-16)21(23,24)25/h3-8,11-12,15-16H,9-10H2,1-2H3. The first-order valence-electron chi connectivity index (χ1n) is 9.65. The van der Waals surface area contributed by atoms with Crippen molar-refractivity contribution in [2.45, 2.75) is 38.4 Å². The summed E-state index contributed by atoms with van der Waals surface area (Å²) in [5, 5.41) is 4.39. The molecule has 1 aromatic heterocycles. The van der Waals surface area contributed by atoms with Crippen LogP contribution in [0.2, 0.25) is 0 Å². The highest BCUT2D eigenvalue weighted by atomic mass is 19.4. The number of nitrogens with zero attached hydrogens (tertiary/aromatic N) is 4. The Labute approximate surface area is 170 Å². The molecule has 1 amide bonds. The molecule has 5 nitrogen and oxygen atoms in total. The Bertz CT molecular complexity index is 1020. The third kappa shape index (κ3) is 3.53. The molecule has 4 rings (SSSR count). The van der Waals surface area contributed by atoms with Gasteiger partial charge in [0, 0.05) is 6.54 Å². The molecule has 0 aliphatic carbocycles. The fourth-order valence-electron chi connectivity index (χ4n) is 3.97. The number of benzene rings is 1. The van der Waals surface area contributed by atoms with Crippen molar-refractivity contribution >= 4 is 17.3 Å². The lowest BCUT2D eigenvalue weighted by Gasteiger charge is -2.20. The zero-order chi connectivity index (χ0) is 21.6. The molecule has 9 heteroatoms. The van der Waals surface area contributed by atoms with Gasteiger partial charge in [-0.15, -0.1) is 0 Å². The maximum atomic E-state index is 13.3. The molecule has 0 bridgehead atoms. The highest BCUT2D eigenvalue weighted by molar-refractivity contribution is 6.03. The minimum Gasteiger partial charge on any atom is -0.309 e. The maximum absolute atomic E-state index is 13.3. The van der Waals surface area contributed by atoms with Crippen molar-refractivity contribution < 1.29 is 22.4 Å². The average molecular weight is 420 g/mol. The fourth-order valence-corrected chi connectivity index (χ4v) is 3.97. The van der Waals surface area contributed by atoms with Crippen LogP contribution in [0.25, 0.3) is 5.69 Å². The quantitative estimate of drug-likeness (QED) is 0.688. The largest absolute Gasteiger partial charge is 0.432 e. The van der Waals surface area contributed by atoms with E-state index in [0.29, 0.717) is 24.3 Å². The van der Waals surface area contributed by atoms with Crippen molar-refractivity contribution in [1.82, 2.24) is 9.78 Å². The summed E-state index contributed by atoms with van der Waals surface area (Å²) >= 11 is 0. The second-order valence-electron chi connectivity index (χ2n) is 7.70. The maximum Gasteiger partial charge on any atom is 0.432 e. The van der Waals surface area contributed by atoms with Crippen LogP contribution in [0.1, 0.15) is 31.9 Å². The second kappa shape index (κ2) is 7.37. The first-order chi connectivity index (χ1) is 14.2. The molecule has 1 fully saturated rings. The van der Waals surface area contributed by atoms with Crippen LogP contribution in [0.5, 0.6) is 0 Å². The molecular weight excluding hydrogens is 400 g/mol. The Hall–Kier alpha value is -2.97. The van der Waals surface area contributed by atoms with Gasteiger partial charge in [-0.05, 0) is 42.7 Å². The smallest absolute Gasteiger partial charge is 0.309 e. The first kappa shape index (κ1) is 20.3. The topological polar surface area (TPSA) is 50.5 Å². The van der Waals surface area contributed by atoms with E-state index in [1.807, 2.05) is 13.8 Å². The SMILES string of the molecule is CC(C)c1c(N2CCC(C3C=CC(C(F)(F)F)=N3)C2=O)cnn1-c1ccc(F)cc1. The molecule has 2 aliphatic rings. The van der Waals surface area contributed by atoms with E-state index in [-0.39, 0.29) is 17.6 Å². The predicted molar refractivity (Wildman–Crippen MR) is 104 cm³/mol. The lowest BCUT2D eigenvalue weighted by atomic mass is 9.99. The molecule has 0 N–H and O–H groups in total. The van der Waals surface area contributed by atoms with Crippen molar-refractivity contribution in [3.05, 3.63) is 54.1 Å². The van der Waals surface area contributed by atoms with Gasteiger partial charge < -0.3 is 4.90 Å². The van der Waals surface area contributed by atoms with Crippen molar-refractivity contribution in [3.8, 4) is 5.69 Å². The fraction of sp³-hybridized carbons (Fsp3) is 0.381. The van der Waals surface area contributed by atoms with E-state index >= 15 is 0 Å². The number of anilines is 1. The van der Waals surface area contributed by atoms with Gasteiger partial charge in [0.2, 0.25) is 5.91 Å². The lowest BCUT2D eigenvalue weighted by molar-refractivity contribution is -0.120. The molecule has 3 heterocycles. The van der Waals surface area contributed by atoms with Gasteiger partial charge in [-0.2, -0.15) is 18.3 Å². The number of allylic oxidation sites excluding steroid dienone is 1. The highest BCUT2D eigenvalue weighted by Crippen LogP contribution is 2.36. The lowest BCUT2D eigenvalue weighted by Crippen LogP contribution is -2.31. The molecule has 158 valence electrons. The van der Waals surface area contributed by atoms with Crippen molar-refractivity contribution in [1.29, 1.82) is 0 Å². The summed E-state index contributed by atoms with van der Waals surface area (Å²) < 4.78 is 53.6. The summed E-state index contributed by atoms with van der Waals surface area (Å²) in [6.45, 7) is 4.29. The van der Waals surface area contributed by atoms with Gasteiger partial charge in [-0.3, -0.25) is 9.79 Å². The number of aliphatic imine (C=N–C) groups is 1. The van der Waals surface area contributed by atoms with E-state index in [9.17, 15) is 22.4 Å². The minimum absolute atomic E-state index is 0.000585. The third-order valence-electron chi connectivity index (χ3n) is 5.38. The van der Waals surface area contributed by atoms with Crippen LogP contribution in [0.15, 0.2) is 47.6 Å². The van der Waals surface area contributed by atoms with Crippen molar-refractivity contribution in [2.24, 2.45) is 10.9 Å². The predicted octanol–water partition coefficient (Wildman–Crippen LogP) is 4.43. The molecule has 2 aromatic rings. The number of hydrogen-bond acceptors (Lipinski definition) is 3. The number of aromatic nitrogens is 2. The monoisotopic (exact) mass is 420 g/mol.